The molecule has 0 spiro atoms. The van der Waals surface area contributed by atoms with Crippen LogP contribution in [0.25, 0.3) is 11.0 Å². The van der Waals surface area contributed by atoms with Crippen LogP contribution in [0.5, 0.6) is 0 Å². The Balaban J connectivity index is 1.89. The molecule has 3 heterocycles. The number of carbonyl (C=O) groups is 1. The average Bonchev–Trinajstić information content (AvgIpc) is 2.97. The normalized spacial score (nSPS) is 16.1. The largest absolute Gasteiger partial charge is 0.450 e. The molecule has 0 bridgehead atoms. The van der Waals surface area contributed by atoms with Crippen LogP contribution in [0.3, 0.4) is 0 Å². The quantitative estimate of drug-likeness (QED) is 0.668. The number of carbonyl (C=O) groups excluding carboxylic acids is 1. The maximum absolute atomic E-state index is 13.5. The minimum atomic E-state index is -0.476. The molecule has 1 aliphatic heterocycles. The van der Waals surface area contributed by atoms with E-state index in [1.54, 1.807) is 17.3 Å². The first-order valence-corrected chi connectivity index (χ1v) is 9.82. The summed E-state index contributed by atoms with van der Waals surface area (Å²) in [6.07, 6.45) is 4.21. The zero-order valence-electron chi connectivity index (χ0n) is 17.2. The molecule has 6 nitrogen and oxygen atoms in total. The van der Waals surface area contributed by atoms with Crippen molar-refractivity contribution in [1.82, 2.24) is 14.8 Å². The van der Waals surface area contributed by atoms with Gasteiger partial charge in [-0.25, -0.2) is 0 Å². The van der Waals surface area contributed by atoms with Gasteiger partial charge in [0.1, 0.15) is 5.58 Å². The maximum atomic E-state index is 13.5. The van der Waals surface area contributed by atoms with Crippen molar-refractivity contribution in [3.05, 3.63) is 74.9 Å². The third-order valence-electron chi connectivity index (χ3n) is 5.59. The van der Waals surface area contributed by atoms with Gasteiger partial charge >= 0.3 is 0 Å². The van der Waals surface area contributed by atoms with Crippen molar-refractivity contribution in [2.24, 2.45) is 0 Å². The molecule has 4 rings (SSSR count). The molecule has 2 aromatic heterocycles. The molecule has 0 N–H and O–H groups in total. The number of fused-ring (bicyclic) bond motifs is 2. The van der Waals surface area contributed by atoms with Gasteiger partial charge in [0.05, 0.1) is 17.0 Å². The van der Waals surface area contributed by atoms with E-state index in [2.05, 4.69) is 9.88 Å². The van der Waals surface area contributed by atoms with Crippen LogP contribution >= 0.6 is 0 Å². The van der Waals surface area contributed by atoms with Gasteiger partial charge in [0, 0.05) is 18.9 Å². The van der Waals surface area contributed by atoms with Crippen LogP contribution < -0.4 is 5.43 Å². The van der Waals surface area contributed by atoms with Gasteiger partial charge in [0.2, 0.25) is 5.76 Å². The number of aryl methyl sites for hydroxylation is 2. The lowest BCUT2D eigenvalue weighted by Crippen LogP contribution is -2.32. The van der Waals surface area contributed by atoms with E-state index in [9.17, 15) is 9.59 Å². The molecule has 0 saturated heterocycles. The lowest BCUT2D eigenvalue weighted by atomic mass is 9.98. The molecule has 1 aromatic carbocycles. The molecule has 1 unspecified atom stereocenters. The number of pyridine rings is 1. The SMILES string of the molecule is Cc1cc2oc3c(c(=O)c2cc1C)C(c1cccnc1)N(CCCN(C)C)C3=O. The second-order valence-corrected chi connectivity index (χ2v) is 7.95. The number of amides is 1. The fourth-order valence-electron chi connectivity index (χ4n) is 3.95. The molecule has 0 saturated carbocycles. The smallest absolute Gasteiger partial charge is 0.290 e. The average molecular weight is 391 g/mol. The number of hydrogen-bond donors (Lipinski definition) is 0. The highest BCUT2D eigenvalue weighted by Gasteiger charge is 2.42. The molecular weight excluding hydrogens is 366 g/mol. The second kappa shape index (κ2) is 7.44. The van der Waals surface area contributed by atoms with Crippen LogP contribution in [0.15, 0.2) is 45.9 Å². The maximum Gasteiger partial charge on any atom is 0.290 e. The van der Waals surface area contributed by atoms with Crippen LogP contribution in [0.1, 0.15) is 45.3 Å². The summed E-state index contributed by atoms with van der Waals surface area (Å²) in [7, 11) is 4.00. The molecule has 1 atom stereocenters. The van der Waals surface area contributed by atoms with Gasteiger partial charge in [-0.15, -0.1) is 0 Å². The number of rotatable bonds is 5. The van der Waals surface area contributed by atoms with Gasteiger partial charge in [-0.3, -0.25) is 14.6 Å². The van der Waals surface area contributed by atoms with Gasteiger partial charge in [-0.2, -0.15) is 0 Å². The van der Waals surface area contributed by atoms with E-state index < -0.39 is 6.04 Å². The van der Waals surface area contributed by atoms with Crippen LogP contribution in [0.4, 0.5) is 0 Å². The van der Waals surface area contributed by atoms with E-state index in [0.29, 0.717) is 23.1 Å². The lowest BCUT2D eigenvalue weighted by Gasteiger charge is -2.25. The third kappa shape index (κ3) is 3.34. The Kier molecular flexibility index (Phi) is 4.96. The first kappa shape index (κ1) is 19.3. The number of nitrogens with zero attached hydrogens (tertiary/aromatic N) is 3. The Morgan fingerprint density at radius 2 is 1.93 bits per heavy atom. The van der Waals surface area contributed by atoms with E-state index >= 15 is 0 Å². The van der Waals surface area contributed by atoms with E-state index in [-0.39, 0.29) is 17.1 Å². The summed E-state index contributed by atoms with van der Waals surface area (Å²) in [5.74, 6) is -0.0747. The lowest BCUT2D eigenvalue weighted by molar-refractivity contribution is 0.0722. The first-order valence-electron chi connectivity index (χ1n) is 9.82. The van der Waals surface area contributed by atoms with E-state index in [1.165, 1.54) is 0 Å². The summed E-state index contributed by atoms with van der Waals surface area (Å²) < 4.78 is 6.02. The highest BCUT2D eigenvalue weighted by Crippen LogP contribution is 2.38. The number of aromatic nitrogens is 1. The molecular formula is C23H25N3O3. The van der Waals surface area contributed by atoms with Crippen LogP contribution in [-0.4, -0.2) is 47.9 Å². The van der Waals surface area contributed by atoms with Crippen molar-refractivity contribution < 1.29 is 9.21 Å². The Labute approximate surface area is 169 Å². The predicted octanol–water partition coefficient (Wildman–Crippen LogP) is 3.30. The Morgan fingerprint density at radius 1 is 1.17 bits per heavy atom. The topological polar surface area (TPSA) is 66.7 Å². The molecule has 1 aliphatic rings. The molecule has 6 heteroatoms. The summed E-state index contributed by atoms with van der Waals surface area (Å²) in [5, 5.41) is 0.517. The van der Waals surface area contributed by atoms with Gasteiger partial charge in [-0.05, 0) is 75.8 Å². The van der Waals surface area contributed by atoms with Gasteiger partial charge < -0.3 is 14.2 Å². The zero-order valence-corrected chi connectivity index (χ0v) is 17.2. The number of hydrogen-bond acceptors (Lipinski definition) is 5. The summed E-state index contributed by atoms with van der Waals surface area (Å²) in [6, 6.07) is 6.95. The first-order chi connectivity index (χ1) is 13.9. The minimum Gasteiger partial charge on any atom is -0.450 e. The second-order valence-electron chi connectivity index (χ2n) is 7.95. The highest BCUT2D eigenvalue weighted by molar-refractivity contribution is 5.99. The van der Waals surface area contributed by atoms with Gasteiger partial charge in [0.15, 0.2) is 5.43 Å². The molecule has 1 amide bonds. The predicted molar refractivity (Wildman–Crippen MR) is 112 cm³/mol. The molecule has 0 radical (unpaired) electrons. The Bertz CT molecular complexity index is 1140. The fraction of sp³-hybridized carbons (Fsp3) is 0.348. The van der Waals surface area contributed by atoms with Crippen molar-refractivity contribution in [3.8, 4) is 0 Å². The Morgan fingerprint density at radius 3 is 2.62 bits per heavy atom. The third-order valence-corrected chi connectivity index (χ3v) is 5.59. The molecule has 29 heavy (non-hydrogen) atoms. The van der Waals surface area contributed by atoms with Crippen LogP contribution in [-0.2, 0) is 0 Å². The van der Waals surface area contributed by atoms with Crippen molar-refractivity contribution in [2.45, 2.75) is 26.3 Å². The monoisotopic (exact) mass is 391 g/mol. The highest BCUT2D eigenvalue weighted by atomic mass is 16.3. The number of benzene rings is 1. The van der Waals surface area contributed by atoms with Gasteiger partial charge in [-0.1, -0.05) is 6.07 Å². The summed E-state index contributed by atoms with van der Waals surface area (Å²) in [5.41, 5.74) is 3.61. The minimum absolute atomic E-state index is 0.137. The van der Waals surface area contributed by atoms with Gasteiger partial charge in [0.25, 0.3) is 5.91 Å². The summed E-state index contributed by atoms with van der Waals surface area (Å²) >= 11 is 0. The summed E-state index contributed by atoms with van der Waals surface area (Å²) in [6.45, 7) is 5.32. The van der Waals surface area contributed by atoms with E-state index in [4.69, 9.17) is 4.42 Å². The molecule has 0 fully saturated rings. The van der Waals surface area contributed by atoms with Crippen molar-refractivity contribution in [3.63, 3.8) is 0 Å². The fourth-order valence-corrected chi connectivity index (χ4v) is 3.95. The van der Waals surface area contributed by atoms with E-state index in [0.717, 1.165) is 29.7 Å². The van der Waals surface area contributed by atoms with Crippen LogP contribution in [0.2, 0.25) is 0 Å². The van der Waals surface area contributed by atoms with Crippen molar-refractivity contribution in [2.75, 3.05) is 27.2 Å². The van der Waals surface area contributed by atoms with Crippen molar-refractivity contribution in [1.29, 1.82) is 0 Å². The molecule has 3 aromatic rings. The Hall–Kier alpha value is -2.99. The van der Waals surface area contributed by atoms with E-state index in [1.807, 2.05) is 52.2 Å². The van der Waals surface area contributed by atoms with Crippen molar-refractivity contribution >= 4 is 16.9 Å². The van der Waals surface area contributed by atoms with Crippen LogP contribution in [0, 0.1) is 13.8 Å². The zero-order chi connectivity index (χ0) is 20.7. The standard InChI is InChI=1S/C23H25N3O3/c1-14-11-17-18(12-15(14)2)29-22-19(21(17)27)20(16-7-5-8-24-13-16)26(23(22)28)10-6-9-25(3)4/h5,7-8,11-13,20H,6,9-10H2,1-4H3. The summed E-state index contributed by atoms with van der Waals surface area (Å²) in [4.78, 5) is 34.8. The molecule has 150 valence electrons. The molecule has 0 aliphatic carbocycles.